The van der Waals surface area contributed by atoms with Crippen LogP contribution in [-0.2, 0) is 9.59 Å². The van der Waals surface area contributed by atoms with Crippen LogP contribution in [0.3, 0.4) is 0 Å². The number of carbonyl (C=O) groups excluding carboxylic acids is 2. The van der Waals surface area contributed by atoms with Gasteiger partial charge >= 0.3 is 11.8 Å². The number of nitrogens with one attached hydrogen (secondary N) is 2. The van der Waals surface area contributed by atoms with Gasteiger partial charge in [0.2, 0.25) is 0 Å². The minimum Gasteiger partial charge on any atom is -0.496 e. The molecular formula is C18H18BrN3O3. The second-order valence-electron chi connectivity index (χ2n) is 5.29. The molecule has 0 unspecified atom stereocenters. The third-order valence-corrected chi connectivity index (χ3v) is 4.23. The van der Waals surface area contributed by atoms with Crippen molar-refractivity contribution in [3.05, 3.63) is 57.6 Å². The fraction of sp³-hybridized carbons (Fsp3) is 0.167. The molecule has 2 aromatic rings. The van der Waals surface area contributed by atoms with E-state index >= 15 is 0 Å². The molecule has 0 saturated heterocycles. The highest BCUT2D eigenvalue weighted by Gasteiger charge is 2.14. The van der Waals surface area contributed by atoms with Crippen molar-refractivity contribution in [3.8, 4) is 5.75 Å². The van der Waals surface area contributed by atoms with Crippen LogP contribution in [0.5, 0.6) is 5.75 Å². The third-order valence-electron chi connectivity index (χ3n) is 3.61. The summed E-state index contributed by atoms with van der Waals surface area (Å²) >= 11 is 3.36. The molecule has 0 bridgehead atoms. The molecule has 7 heteroatoms. The molecule has 2 rings (SSSR count). The number of methoxy groups -OCH3 is 1. The van der Waals surface area contributed by atoms with E-state index in [-0.39, 0.29) is 0 Å². The summed E-state index contributed by atoms with van der Waals surface area (Å²) in [6.45, 7) is 3.81. The van der Waals surface area contributed by atoms with Crippen LogP contribution in [0.1, 0.15) is 16.7 Å². The molecule has 130 valence electrons. The zero-order valence-corrected chi connectivity index (χ0v) is 15.7. The lowest BCUT2D eigenvalue weighted by molar-refractivity contribution is -0.136. The van der Waals surface area contributed by atoms with E-state index in [0.29, 0.717) is 11.4 Å². The Balaban J connectivity index is 1.96. The molecule has 0 spiro atoms. The van der Waals surface area contributed by atoms with Gasteiger partial charge in [-0.3, -0.25) is 9.59 Å². The van der Waals surface area contributed by atoms with Gasteiger partial charge in [-0.05, 0) is 70.7 Å². The number of rotatable bonds is 4. The Hall–Kier alpha value is -2.67. The van der Waals surface area contributed by atoms with Crippen molar-refractivity contribution in [2.24, 2.45) is 5.10 Å². The zero-order valence-electron chi connectivity index (χ0n) is 14.1. The van der Waals surface area contributed by atoms with Crippen LogP contribution in [0.2, 0.25) is 0 Å². The monoisotopic (exact) mass is 403 g/mol. The first-order valence-corrected chi connectivity index (χ1v) is 8.26. The van der Waals surface area contributed by atoms with Gasteiger partial charge in [-0.1, -0.05) is 12.1 Å². The summed E-state index contributed by atoms with van der Waals surface area (Å²) in [6, 6.07) is 10.8. The van der Waals surface area contributed by atoms with Gasteiger partial charge in [0.05, 0.1) is 17.8 Å². The topological polar surface area (TPSA) is 79.8 Å². The molecule has 6 nitrogen and oxygen atoms in total. The Morgan fingerprint density at radius 2 is 1.92 bits per heavy atom. The molecule has 0 aliphatic carbocycles. The number of ether oxygens (including phenoxy) is 1. The standard InChI is InChI=1S/C18H18BrN3O3/c1-11-5-4-6-15(12(11)2)21-17(23)18(24)22-20-10-13-7-8-16(25-3)14(19)9-13/h4-10H,1-3H3,(H,21,23)(H,22,24)/b20-10-. The SMILES string of the molecule is COc1ccc(/C=N\NC(=O)C(=O)Nc2cccc(C)c2C)cc1Br. The van der Waals surface area contributed by atoms with Crippen LogP contribution < -0.4 is 15.5 Å². The summed E-state index contributed by atoms with van der Waals surface area (Å²) in [5.41, 5.74) is 5.49. The predicted octanol–water partition coefficient (Wildman–Crippen LogP) is 3.16. The van der Waals surface area contributed by atoms with E-state index in [1.165, 1.54) is 6.21 Å². The average molecular weight is 404 g/mol. The number of anilines is 1. The summed E-state index contributed by atoms with van der Waals surface area (Å²) in [5.74, 6) is -0.930. The first-order chi connectivity index (χ1) is 11.9. The Labute approximate surface area is 154 Å². The molecule has 0 aromatic heterocycles. The molecule has 2 aromatic carbocycles. The van der Waals surface area contributed by atoms with Gasteiger partial charge in [-0.2, -0.15) is 5.10 Å². The van der Waals surface area contributed by atoms with Gasteiger partial charge in [0.15, 0.2) is 0 Å². The highest BCUT2D eigenvalue weighted by molar-refractivity contribution is 9.10. The molecule has 0 fully saturated rings. The molecule has 2 amide bonds. The van der Waals surface area contributed by atoms with Gasteiger partial charge in [0.1, 0.15) is 5.75 Å². The highest BCUT2D eigenvalue weighted by Crippen LogP contribution is 2.24. The lowest BCUT2D eigenvalue weighted by Gasteiger charge is -2.09. The average Bonchev–Trinajstić information content (AvgIpc) is 2.59. The van der Waals surface area contributed by atoms with E-state index in [1.807, 2.05) is 26.0 Å². The summed E-state index contributed by atoms with van der Waals surface area (Å²) in [7, 11) is 1.57. The fourth-order valence-electron chi connectivity index (χ4n) is 2.04. The van der Waals surface area contributed by atoms with Crippen LogP contribution >= 0.6 is 15.9 Å². The van der Waals surface area contributed by atoms with E-state index in [9.17, 15) is 9.59 Å². The van der Waals surface area contributed by atoms with E-state index in [4.69, 9.17) is 4.74 Å². The van der Waals surface area contributed by atoms with Crippen molar-refractivity contribution >= 4 is 39.6 Å². The largest absolute Gasteiger partial charge is 0.496 e. The first kappa shape index (κ1) is 18.7. The third kappa shape index (κ3) is 4.90. The fourth-order valence-corrected chi connectivity index (χ4v) is 2.60. The number of hydrogen-bond donors (Lipinski definition) is 2. The highest BCUT2D eigenvalue weighted by atomic mass is 79.9. The normalized spacial score (nSPS) is 10.6. The van der Waals surface area contributed by atoms with Crippen LogP contribution in [0, 0.1) is 13.8 Å². The number of amides is 2. The minimum absolute atomic E-state index is 0.600. The van der Waals surface area contributed by atoms with Crippen molar-refractivity contribution in [2.45, 2.75) is 13.8 Å². The second kappa shape index (κ2) is 8.43. The van der Waals surface area contributed by atoms with Crippen LogP contribution in [0.25, 0.3) is 0 Å². The predicted molar refractivity (Wildman–Crippen MR) is 101 cm³/mol. The number of hydrogen-bond acceptors (Lipinski definition) is 4. The summed E-state index contributed by atoms with van der Waals surface area (Å²) in [5, 5.41) is 6.37. The van der Waals surface area contributed by atoms with Crippen molar-refractivity contribution in [2.75, 3.05) is 12.4 Å². The summed E-state index contributed by atoms with van der Waals surface area (Å²) in [4.78, 5) is 23.8. The molecule has 0 aliphatic rings. The number of hydrazone groups is 1. The molecule has 2 N–H and O–H groups in total. The van der Waals surface area contributed by atoms with Crippen molar-refractivity contribution < 1.29 is 14.3 Å². The Kier molecular flexibility index (Phi) is 6.30. The summed E-state index contributed by atoms with van der Waals surface area (Å²) in [6.07, 6.45) is 1.44. The Morgan fingerprint density at radius 1 is 1.16 bits per heavy atom. The Morgan fingerprint density at radius 3 is 2.60 bits per heavy atom. The van der Waals surface area contributed by atoms with Crippen molar-refractivity contribution in [1.82, 2.24) is 5.43 Å². The van der Waals surface area contributed by atoms with Gasteiger partial charge in [-0.25, -0.2) is 5.43 Å². The number of benzene rings is 2. The van der Waals surface area contributed by atoms with E-state index in [0.717, 1.165) is 21.2 Å². The van der Waals surface area contributed by atoms with E-state index < -0.39 is 11.8 Å². The number of nitrogens with zero attached hydrogens (tertiary/aromatic N) is 1. The van der Waals surface area contributed by atoms with Crippen LogP contribution in [0.4, 0.5) is 5.69 Å². The second-order valence-corrected chi connectivity index (χ2v) is 6.15. The molecular weight excluding hydrogens is 386 g/mol. The molecule has 0 aliphatic heterocycles. The molecule has 0 saturated carbocycles. The number of aryl methyl sites for hydroxylation is 1. The van der Waals surface area contributed by atoms with Gasteiger partial charge in [0.25, 0.3) is 0 Å². The van der Waals surface area contributed by atoms with E-state index in [1.54, 1.807) is 31.4 Å². The maximum absolute atomic E-state index is 11.9. The van der Waals surface area contributed by atoms with Crippen LogP contribution in [-0.4, -0.2) is 25.1 Å². The van der Waals surface area contributed by atoms with Gasteiger partial charge in [-0.15, -0.1) is 0 Å². The van der Waals surface area contributed by atoms with Crippen molar-refractivity contribution in [3.63, 3.8) is 0 Å². The maximum Gasteiger partial charge on any atom is 0.329 e. The van der Waals surface area contributed by atoms with Crippen molar-refractivity contribution in [1.29, 1.82) is 0 Å². The first-order valence-electron chi connectivity index (χ1n) is 7.46. The maximum atomic E-state index is 11.9. The molecule has 0 heterocycles. The lowest BCUT2D eigenvalue weighted by atomic mass is 10.1. The van der Waals surface area contributed by atoms with E-state index in [2.05, 4.69) is 31.8 Å². The zero-order chi connectivity index (χ0) is 18.4. The Bertz CT molecular complexity index is 834. The number of halogens is 1. The summed E-state index contributed by atoms with van der Waals surface area (Å²) < 4.78 is 5.90. The minimum atomic E-state index is -0.843. The van der Waals surface area contributed by atoms with Gasteiger partial charge in [0, 0.05) is 5.69 Å². The molecule has 0 atom stereocenters. The van der Waals surface area contributed by atoms with Crippen LogP contribution in [0.15, 0.2) is 46.0 Å². The van der Waals surface area contributed by atoms with Gasteiger partial charge < -0.3 is 10.1 Å². The quantitative estimate of drug-likeness (QED) is 0.467. The smallest absolute Gasteiger partial charge is 0.329 e. The molecule has 25 heavy (non-hydrogen) atoms. The lowest BCUT2D eigenvalue weighted by Crippen LogP contribution is -2.32. The molecule has 0 radical (unpaired) electrons. The number of carbonyl (C=O) groups is 2.